The van der Waals surface area contributed by atoms with E-state index in [0.29, 0.717) is 5.16 Å². The molecule has 2 heteroatoms. The van der Waals surface area contributed by atoms with Crippen LogP contribution in [0.1, 0.15) is 27.2 Å². The smallest absolute Gasteiger partial charge is 0.0209 e. The van der Waals surface area contributed by atoms with Crippen LogP contribution >= 0.6 is 9.24 Å². The molecule has 0 heterocycles. The maximum Gasteiger partial charge on any atom is -0.0209 e. The van der Waals surface area contributed by atoms with E-state index >= 15 is 0 Å². The quantitative estimate of drug-likeness (QED) is 0.470. The van der Waals surface area contributed by atoms with Crippen LogP contribution in [-0.4, -0.2) is 5.16 Å². The number of rotatable bonds is 1. The largest absolute Gasteiger partial charge is 0.269 e. The molecule has 0 aromatic carbocycles. The van der Waals surface area contributed by atoms with E-state index in [1.165, 1.54) is 6.42 Å². The van der Waals surface area contributed by atoms with Crippen molar-refractivity contribution in [2.45, 2.75) is 32.3 Å². The summed E-state index contributed by atoms with van der Waals surface area (Å²) in [6.07, 6.45) is 1.23. The van der Waals surface area contributed by atoms with Crippen LogP contribution < -0.4 is 0 Å². The van der Waals surface area contributed by atoms with Crippen LogP contribution in [0.3, 0.4) is 0 Å². The summed E-state index contributed by atoms with van der Waals surface area (Å²) < 4.78 is 0. The van der Waals surface area contributed by atoms with Crippen molar-refractivity contribution in [2.24, 2.45) is 0 Å². The van der Waals surface area contributed by atoms with Gasteiger partial charge in [-0.25, -0.2) is 0 Å². The summed E-state index contributed by atoms with van der Waals surface area (Å²) in [5, 5.41) is 0.458. The first kappa shape index (κ1) is 10.4. The standard InChI is InChI=1S/C5H13P.FH/c1-4-5(2,3)6;/h4,6H2,1-3H3;1H. The molecule has 1 unspecified atom stereocenters. The molecule has 0 nitrogen and oxygen atoms in total. The molecule has 0 fully saturated rings. The summed E-state index contributed by atoms with van der Waals surface area (Å²) in [7, 11) is 2.79. The molecule has 0 aliphatic rings. The summed E-state index contributed by atoms with van der Waals surface area (Å²) in [4.78, 5) is 0. The lowest BCUT2D eigenvalue weighted by Crippen LogP contribution is -2.04. The normalized spacial score (nSPS) is 10.3. The van der Waals surface area contributed by atoms with Crippen LogP contribution in [0.15, 0.2) is 0 Å². The lowest BCUT2D eigenvalue weighted by atomic mass is 10.1. The zero-order valence-corrected chi connectivity index (χ0v) is 6.35. The summed E-state index contributed by atoms with van der Waals surface area (Å²) >= 11 is 0. The third kappa shape index (κ3) is 10.7. The fraction of sp³-hybridized carbons (Fsp3) is 1.00. The molecule has 0 bridgehead atoms. The third-order valence-corrected chi connectivity index (χ3v) is 1.32. The second-order valence-corrected chi connectivity index (χ2v) is 3.91. The molecule has 46 valence electrons. The first-order chi connectivity index (χ1) is 2.56. The van der Waals surface area contributed by atoms with Gasteiger partial charge in [0.1, 0.15) is 0 Å². The lowest BCUT2D eigenvalue weighted by Gasteiger charge is -2.12. The van der Waals surface area contributed by atoms with Gasteiger partial charge in [-0.2, -0.15) is 0 Å². The Bertz CT molecular complexity index is 37.8. The number of halogens is 1. The SMILES string of the molecule is CCC(C)(C)P.F. The van der Waals surface area contributed by atoms with E-state index in [9.17, 15) is 0 Å². The highest BCUT2D eigenvalue weighted by Crippen LogP contribution is 2.18. The van der Waals surface area contributed by atoms with Crippen molar-refractivity contribution in [1.29, 1.82) is 0 Å². The van der Waals surface area contributed by atoms with Gasteiger partial charge in [0.15, 0.2) is 0 Å². The molecule has 0 aliphatic heterocycles. The maximum absolute atomic E-state index is 2.79. The van der Waals surface area contributed by atoms with Crippen molar-refractivity contribution in [2.75, 3.05) is 0 Å². The molecule has 0 rings (SSSR count). The number of hydrogen-bond acceptors (Lipinski definition) is 0. The minimum atomic E-state index is 0. The molecular formula is C5H14FP. The zero-order chi connectivity index (χ0) is 5.21. The molecule has 0 aromatic rings. The Hall–Kier alpha value is 0.360. The highest BCUT2D eigenvalue weighted by atomic mass is 31.0. The van der Waals surface area contributed by atoms with Crippen molar-refractivity contribution >= 4 is 9.24 Å². The van der Waals surface area contributed by atoms with Gasteiger partial charge in [-0.3, -0.25) is 4.70 Å². The monoisotopic (exact) mass is 124 g/mol. The highest BCUT2D eigenvalue weighted by molar-refractivity contribution is 7.18. The van der Waals surface area contributed by atoms with Gasteiger partial charge in [0.05, 0.1) is 0 Å². The Morgan fingerprint density at radius 1 is 1.43 bits per heavy atom. The van der Waals surface area contributed by atoms with Crippen molar-refractivity contribution in [3.8, 4) is 0 Å². The average Bonchev–Trinajstić information content (AvgIpc) is 1.35. The van der Waals surface area contributed by atoms with Crippen LogP contribution in [0.4, 0.5) is 4.70 Å². The first-order valence-electron chi connectivity index (χ1n) is 2.35. The molecule has 0 saturated heterocycles. The van der Waals surface area contributed by atoms with Gasteiger partial charge in [-0.1, -0.05) is 20.8 Å². The number of hydrogen-bond donors (Lipinski definition) is 0. The predicted octanol–water partition coefficient (Wildman–Crippen LogP) is 2.20. The fourth-order valence-corrected chi connectivity index (χ4v) is 0. The Balaban J connectivity index is 0. The maximum atomic E-state index is 2.79. The van der Waals surface area contributed by atoms with Gasteiger partial charge in [-0.05, 0) is 11.6 Å². The molecular weight excluding hydrogens is 110 g/mol. The van der Waals surface area contributed by atoms with E-state index in [0.717, 1.165) is 0 Å². The Morgan fingerprint density at radius 3 is 1.57 bits per heavy atom. The molecule has 0 N–H and O–H groups in total. The van der Waals surface area contributed by atoms with E-state index < -0.39 is 0 Å². The first-order valence-corrected chi connectivity index (χ1v) is 2.93. The van der Waals surface area contributed by atoms with Gasteiger partial charge in [0.25, 0.3) is 0 Å². The fourth-order valence-electron chi connectivity index (χ4n) is 0. The van der Waals surface area contributed by atoms with Crippen LogP contribution in [0, 0.1) is 0 Å². The van der Waals surface area contributed by atoms with E-state index in [1.54, 1.807) is 0 Å². The third-order valence-electron chi connectivity index (χ3n) is 0.911. The Morgan fingerprint density at radius 2 is 1.57 bits per heavy atom. The van der Waals surface area contributed by atoms with E-state index in [1.807, 2.05) is 0 Å². The van der Waals surface area contributed by atoms with Crippen LogP contribution in [0.2, 0.25) is 0 Å². The molecule has 0 radical (unpaired) electrons. The van der Waals surface area contributed by atoms with E-state index in [-0.39, 0.29) is 4.70 Å². The molecule has 0 aromatic heterocycles. The molecule has 0 aliphatic carbocycles. The van der Waals surface area contributed by atoms with E-state index in [2.05, 4.69) is 30.0 Å². The minimum Gasteiger partial charge on any atom is -0.269 e. The summed E-state index contributed by atoms with van der Waals surface area (Å²) in [6, 6.07) is 0. The Labute approximate surface area is 47.3 Å². The van der Waals surface area contributed by atoms with Crippen molar-refractivity contribution in [3.05, 3.63) is 0 Å². The minimum absolute atomic E-state index is 0. The summed E-state index contributed by atoms with van der Waals surface area (Å²) in [5.74, 6) is 0. The second kappa shape index (κ2) is 3.37. The second-order valence-electron chi connectivity index (χ2n) is 2.34. The average molecular weight is 124 g/mol. The van der Waals surface area contributed by atoms with Gasteiger partial charge in [0, 0.05) is 0 Å². The Kier molecular flexibility index (Phi) is 4.99. The zero-order valence-electron chi connectivity index (χ0n) is 5.19. The lowest BCUT2D eigenvalue weighted by molar-refractivity contribution is 0.685. The van der Waals surface area contributed by atoms with Crippen LogP contribution in [0.25, 0.3) is 0 Å². The topological polar surface area (TPSA) is 0 Å². The van der Waals surface area contributed by atoms with Crippen molar-refractivity contribution < 1.29 is 4.70 Å². The van der Waals surface area contributed by atoms with Crippen molar-refractivity contribution in [3.63, 3.8) is 0 Å². The van der Waals surface area contributed by atoms with Gasteiger partial charge in [-0.15, -0.1) is 9.24 Å². The van der Waals surface area contributed by atoms with E-state index in [4.69, 9.17) is 0 Å². The molecule has 7 heavy (non-hydrogen) atoms. The van der Waals surface area contributed by atoms with Crippen LogP contribution in [-0.2, 0) is 0 Å². The molecule has 0 amide bonds. The summed E-state index contributed by atoms with van der Waals surface area (Å²) in [5.41, 5.74) is 0. The molecule has 0 saturated carbocycles. The van der Waals surface area contributed by atoms with Gasteiger partial charge >= 0.3 is 0 Å². The van der Waals surface area contributed by atoms with Crippen LogP contribution in [0.5, 0.6) is 0 Å². The predicted molar refractivity (Wildman–Crippen MR) is 36.6 cm³/mol. The molecule has 0 spiro atoms. The summed E-state index contributed by atoms with van der Waals surface area (Å²) in [6.45, 7) is 6.60. The van der Waals surface area contributed by atoms with Gasteiger partial charge < -0.3 is 0 Å². The van der Waals surface area contributed by atoms with Gasteiger partial charge in [0.2, 0.25) is 0 Å². The highest BCUT2D eigenvalue weighted by Gasteiger charge is 2.03. The molecule has 1 atom stereocenters. The van der Waals surface area contributed by atoms with Crippen molar-refractivity contribution in [1.82, 2.24) is 0 Å².